The van der Waals surface area contributed by atoms with Gasteiger partial charge in [-0.05, 0) is 75.3 Å². The van der Waals surface area contributed by atoms with Crippen molar-refractivity contribution in [3.05, 3.63) is 53.1 Å². The molecule has 36 heavy (non-hydrogen) atoms. The first kappa shape index (κ1) is 25.7. The van der Waals surface area contributed by atoms with Crippen LogP contribution in [0.25, 0.3) is 22.6 Å². The number of nitriles is 1. The normalized spacial score (nSPS) is 14.9. The number of carbonyl (C=O) groups is 1. The second kappa shape index (κ2) is 10.7. The Morgan fingerprint density at radius 2 is 1.89 bits per heavy atom. The fourth-order valence-electron chi connectivity index (χ4n) is 4.37. The number of oxazole rings is 1. The van der Waals surface area contributed by atoms with Crippen molar-refractivity contribution in [1.82, 2.24) is 9.88 Å². The minimum Gasteiger partial charge on any atom is -0.444 e. The molecule has 1 saturated heterocycles. The molecular formula is C29H35N3O4. The van der Waals surface area contributed by atoms with E-state index in [1.54, 1.807) is 11.0 Å². The Balaban J connectivity index is 1.30. The lowest BCUT2D eigenvalue weighted by Gasteiger charge is -2.33. The molecule has 0 atom stereocenters. The summed E-state index contributed by atoms with van der Waals surface area (Å²) >= 11 is 0. The van der Waals surface area contributed by atoms with E-state index in [4.69, 9.17) is 13.9 Å². The summed E-state index contributed by atoms with van der Waals surface area (Å²) in [5.41, 5.74) is 4.53. The standard InChI is InChI=1S/C29H35N3O4/c1-19(2)24-14-22(16-30)15-25-26(24)35-27(31-25)23-8-6-20(7-9-23)17-34-18-21-10-12-32(13-11-21)28(33)36-29(3,4)5/h6-9,14-15,19,21H,10-13,17-18H2,1-5H3. The molecule has 0 spiro atoms. The van der Waals surface area contributed by atoms with E-state index < -0.39 is 5.60 Å². The first-order valence-corrected chi connectivity index (χ1v) is 12.6. The van der Waals surface area contributed by atoms with Crippen LogP contribution in [0.5, 0.6) is 0 Å². The Morgan fingerprint density at radius 3 is 2.50 bits per heavy atom. The number of aromatic nitrogens is 1. The average Bonchev–Trinajstić information content (AvgIpc) is 3.27. The first-order valence-electron chi connectivity index (χ1n) is 12.6. The lowest BCUT2D eigenvalue weighted by atomic mass is 9.98. The third-order valence-corrected chi connectivity index (χ3v) is 6.36. The second-order valence-electron chi connectivity index (χ2n) is 10.8. The van der Waals surface area contributed by atoms with Crippen molar-refractivity contribution >= 4 is 17.2 Å². The molecule has 1 aliphatic heterocycles. The molecule has 0 bridgehead atoms. The summed E-state index contributed by atoms with van der Waals surface area (Å²) in [4.78, 5) is 18.7. The van der Waals surface area contributed by atoms with Crippen LogP contribution < -0.4 is 0 Å². The third kappa shape index (κ3) is 6.24. The van der Waals surface area contributed by atoms with Crippen molar-refractivity contribution < 1.29 is 18.7 Å². The predicted molar refractivity (Wildman–Crippen MR) is 138 cm³/mol. The molecule has 4 rings (SSSR count). The maximum atomic E-state index is 12.2. The first-order chi connectivity index (χ1) is 17.1. The quantitative estimate of drug-likeness (QED) is 0.385. The smallest absolute Gasteiger partial charge is 0.410 e. The Kier molecular flexibility index (Phi) is 7.65. The van der Waals surface area contributed by atoms with E-state index in [-0.39, 0.29) is 12.0 Å². The Hall–Kier alpha value is -3.37. The van der Waals surface area contributed by atoms with E-state index in [1.807, 2.05) is 51.1 Å². The van der Waals surface area contributed by atoms with Gasteiger partial charge < -0.3 is 18.8 Å². The van der Waals surface area contributed by atoms with Crippen molar-refractivity contribution in [2.24, 2.45) is 5.92 Å². The number of amides is 1. The number of ether oxygens (including phenoxy) is 2. The van der Waals surface area contributed by atoms with Gasteiger partial charge >= 0.3 is 6.09 Å². The number of likely N-dealkylation sites (tertiary alicyclic amines) is 1. The van der Waals surface area contributed by atoms with Crippen LogP contribution in [0, 0.1) is 17.2 Å². The molecule has 2 aromatic carbocycles. The number of fused-ring (bicyclic) bond motifs is 1. The van der Waals surface area contributed by atoms with Gasteiger partial charge in [-0.15, -0.1) is 0 Å². The number of nitrogens with zero attached hydrogens (tertiary/aromatic N) is 3. The van der Waals surface area contributed by atoms with Gasteiger partial charge in [-0.3, -0.25) is 0 Å². The lowest BCUT2D eigenvalue weighted by Crippen LogP contribution is -2.42. The molecule has 0 unspecified atom stereocenters. The van der Waals surface area contributed by atoms with Crippen molar-refractivity contribution in [2.75, 3.05) is 19.7 Å². The summed E-state index contributed by atoms with van der Waals surface area (Å²) in [5, 5.41) is 9.34. The topological polar surface area (TPSA) is 88.6 Å². The minimum absolute atomic E-state index is 0.227. The van der Waals surface area contributed by atoms with E-state index in [0.717, 1.165) is 35.1 Å². The maximum Gasteiger partial charge on any atom is 0.410 e. The third-order valence-electron chi connectivity index (χ3n) is 6.36. The van der Waals surface area contributed by atoms with Crippen LogP contribution in [-0.4, -0.2) is 41.3 Å². The summed E-state index contributed by atoms with van der Waals surface area (Å²) < 4.78 is 17.6. The number of rotatable bonds is 6. The van der Waals surface area contributed by atoms with E-state index in [2.05, 4.69) is 24.9 Å². The average molecular weight is 490 g/mol. The van der Waals surface area contributed by atoms with Gasteiger partial charge in [0, 0.05) is 30.8 Å². The summed E-state index contributed by atoms with van der Waals surface area (Å²) in [6, 6.07) is 13.9. The highest BCUT2D eigenvalue weighted by molar-refractivity contribution is 5.81. The molecule has 0 saturated carbocycles. The van der Waals surface area contributed by atoms with E-state index >= 15 is 0 Å². The minimum atomic E-state index is -0.467. The zero-order valence-corrected chi connectivity index (χ0v) is 21.8. The Bertz CT molecular complexity index is 1240. The van der Waals surface area contributed by atoms with Gasteiger partial charge in [-0.2, -0.15) is 5.26 Å². The highest BCUT2D eigenvalue weighted by Crippen LogP contribution is 2.31. The van der Waals surface area contributed by atoms with E-state index in [0.29, 0.717) is 49.2 Å². The van der Waals surface area contributed by atoms with E-state index in [9.17, 15) is 10.1 Å². The fraction of sp³-hybridized carbons (Fsp3) is 0.483. The zero-order valence-electron chi connectivity index (χ0n) is 21.8. The van der Waals surface area contributed by atoms with Gasteiger partial charge in [0.25, 0.3) is 0 Å². The molecule has 0 aliphatic carbocycles. The molecule has 190 valence electrons. The van der Waals surface area contributed by atoms with Crippen LogP contribution in [0.1, 0.15) is 70.1 Å². The maximum absolute atomic E-state index is 12.2. The number of hydrogen-bond acceptors (Lipinski definition) is 6. The van der Waals surface area contributed by atoms with Crippen molar-refractivity contribution in [3.63, 3.8) is 0 Å². The molecule has 3 aromatic rings. The van der Waals surface area contributed by atoms with Crippen molar-refractivity contribution in [2.45, 2.75) is 65.6 Å². The van der Waals surface area contributed by atoms with Gasteiger partial charge in [-0.25, -0.2) is 9.78 Å². The van der Waals surface area contributed by atoms with Gasteiger partial charge in [-0.1, -0.05) is 26.0 Å². The van der Waals surface area contributed by atoms with Crippen LogP contribution in [0.4, 0.5) is 4.79 Å². The predicted octanol–water partition coefficient (Wildman–Crippen LogP) is 6.65. The monoisotopic (exact) mass is 489 g/mol. The molecule has 7 heteroatoms. The number of carbonyl (C=O) groups excluding carboxylic acids is 1. The number of piperidine rings is 1. The molecule has 1 aliphatic rings. The van der Waals surface area contributed by atoms with Crippen molar-refractivity contribution in [3.8, 4) is 17.5 Å². The SMILES string of the molecule is CC(C)c1cc(C#N)cc2nc(-c3ccc(COCC4CCN(C(=O)OC(C)(C)C)CC4)cc3)oc12. The summed E-state index contributed by atoms with van der Waals surface area (Å²) in [5.74, 6) is 1.22. The summed E-state index contributed by atoms with van der Waals surface area (Å²) in [6.45, 7) is 12.4. The van der Waals surface area contributed by atoms with Gasteiger partial charge in [0.15, 0.2) is 5.58 Å². The molecule has 1 fully saturated rings. The van der Waals surface area contributed by atoms with Crippen LogP contribution in [0.2, 0.25) is 0 Å². The lowest BCUT2D eigenvalue weighted by molar-refractivity contribution is 0.0105. The molecule has 1 amide bonds. The highest BCUT2D eigenvalue weighted by Gasteiger charge is 2.27. The van der Waals surface area contributed by atoms with Crippen LogP contribution in [0.3, 0.4) is 0 Å². The molecule has 7 nitrogen and oxygen atoms in total. The highest BCUT2D eigenvalue weighted by atomic mass is 16.6. The molecular weight excluding hydrogens is 454 g/mol. The van der Waals surface area contributed by atoms with E-state index in [1.165, 1.54) is 0 Å². The second-order valence-corrected chi connectivity index (χ2v) is 10.8. The summed E-state index contributed by atoms with van der Waals surface area (Å²) in [7, 11) is 0. The summed E-state index contributed by atoms with van der Waals surface area (Å²) in [6.07, 6.45) is 1.61. The molecule has 1 aromatic heterocycles. The largest absolute Gasteiger partial charge is 0.444 e. The number of benzene rings is 2. The Labute approximate surface area is 213 Å². The van der Waals surface area contributed by atoms with Crippen LogP contribution in [0.15, 0.2) is 40.8 Å². The van der Waals surface area contributed by atoms with Gasteiger partial charge in [0.05, 0.1) is 18.2 Å². The molecule has 2 heterocycles. The van der Waals surface area contributed by atoms with Crippen LogP contribution in [-0.2, 0) is 16.1 Å². The zero-order chi connectivity index (χ0) is 25.9. The van der Waals surface area contributed by atoms with Gasteiger partial charge in [0.1, 0.15) is 11.1 Å². The number of hydrogen-bond donors (Lipinski definition) is 0. The van der Waals surface area contributed by atoms with Gasteiger partial charge in [0.2, 0.25) is 5.89 Å². The molecule has 0 radical (unpaired) electrons. The Morgan fingerprint density at radius 1 is 1.19 bits per heavy atom. The van der Waals surface area contributed by atoms with Crippen LogP contribution >= 0.6 is 0 Å². The molecule has 0 N–H and O–H groups in total. The van der Waals surface area contributed by atoms with Crippen molar-refractivity contribution in [1.29, 1.82) is 5.26 Å². The fourth-order valence-corrected chi connectivity index (χ4v) is 4.37.